The fraction of sp³-hybridized carbons (Fsp3) is 0.692. The second kappa shape index (κ2) is 6.13. The van der Waals surface area contributed by atoms with Gasteiger partial charge >= 0.3 is 12.2 Å². The number of ether oxygens (including phenoxy) is 2. The Bertz CT molecular complexity index is 390. The Morgan fingerprint density at radius 2 is 2.20 bits per heavy atom. The summed E-state index contributed by atoms with van der Waals surface area (Å²) in [5.41, 5.74) is -0.303. The predicted molar refractivity (Wildman–Crippen MR) is 70.6 cm³/mol. The first-order chi connectivity index (χ1) is 9.54. The van der Waals surface area contributed by atoms with Crippen molar-refractivity contribution >= 4 is 12.2 Å². The number of nitrogens with one attached hydrogen (secondary N) is 1. The van der Waals surface area contributed by atoms with E-state index in [2.05, 4.69) is 11.9 Å². The van der Waals surface area contributed by atoms with E-state index in [0.29, 0.717) is 39.0 Å². The molecule has 112 valence electrons. The fourth-order valence-electron chi connectivity index (χ4n) is 2.73. The number of carbonyl (C=O) groups is 2. The van der Waals surface area contributed by atoms with Gasteiger partial charge in [-0.3, -0.25) is 0 Å². The van der Waals surface area contributed by atoms with Crippen molar-refractivity contribution in [3.05, 3.63) is 12.7 Å². The van der Waals surface area contributed by atoms with Crippen LogP contribution in [0.5, 0.6) is 0 Å². The molecule has 0 aromatic carbocycles. The van der Waals surface area contributed by atoms with Gasteiger partial charge in [-0.1, -0.05) is 12.7 Å². The van der Waals surface area contributed by atoms with Crippen molar-refractivity contribution < 1.29 is 24.2 Å². The molecular weight excluding hydrogens is 264 g/mol. The molecule has 20 heavy (non-hydrogen) atoms. The molecule has 2 N–H and O–H groups in total. The summed E-state index contributed by atoms with van der Waals surface area (Å²) >= 11 is 0. The molecule has 2 saturated heterocycles. The smallest absolute Gasteiger partial charge is 0.407 e. The van der Waals surface area contributed by atoms with Crippen LogP contribution >= 0.6 is 0 Å². The number of likely N-dealkylation sites (tertiary alicyclic amines) is 1. The molecule has 2 rings (SSSR count). The number of nitrogens with zero attached hydrogens (tertiary/aromatic N) is 1. The van der Waals surface area contributed by atoms with E-state index in [1.54, 1.807) is 0 Å². The van der Waals surface area contributed by atoms with E-state index in [4.69, 9.17) is 14.6 Å². The quantitative estimate of drug-likeness (QED) is 0.760. The van der Waals surface area contributed by atoms with Crippen molar-refractivity contribution in [2.45, 2.75) is 30.9 Å². The van der Waals surface area contributed by atoms with Gasteiger partial charge in [0.1, 0.15) is 6.61 Å². The molecule has 0 aromatic rings. The molecule has 0 aliphatic carbocycles. The molecule has 2 aliphatic rings. The summed E-state index contributed by atoms with van der Waals surface area (Å²) in [6, 6.07) is -0.0799. The van der Waals surface area contributed by atoms with Gasteiger partial charge in [0, 0.05) is 13.1 Å². The highest BCUT2D eigenvalue weighted by atomic mass is 16.5. The van der Waals surface area contributed by atoms with Gasteiger partial charge in [-0.2, -0.15) is 0 Å². The monoisotopic (exact) mass is 284 g/mol. The first-order valence-corrected chi connectivity index (χ1v) is 6.71. The van der Waals surface area contributed by atoms with E-state index < -0.39 is 12.2 Å². The summed E-state index contributed by atoms with van der Waals surface area (Å²) in [5.74, 6) is 0. The topological polar surface area (TPSA) is 88.1 Å². The van der Waals surface area contributed by atoms with Crippen LogP contribution in [0.4, 0.5) is 9.59 Å². The van der Waals surface area contributed by atoms with Crippen molar-refractivity contribution in [2.75, 3.05) is 26.3 Å². The minimum Gasteiger partial charge on any atom is -0.465 e. The van der Waals surface area contributed by atoms with Gasteiger partial charge in [-0.15, -0.1) is 0 Å². The average Bonchev–Trinajstić information content (AvgIpc) is 2.79. The van der Waals surface area contributed by atoms with Crippen LogP contribution < -0.4 is 5.32 Å². The molecule has 2 aliphatic heterocycles. The zero-order valence-corrected chi connectivity index (χ0v) is 11.3. The number of hydrogen-bond acceptors (Lipinski definition) is 4. The van der Waals surface area contributed by atoms with Gasteiger partial charge < -0.3 is 24.8 Å². The lowest BCUT2D eigenvalue weighted by atomic mass is 9.87. The predicted octanol–water partition coefficient (Wildman–Crippen LogP) is 1.20. The van der Waals surface area contributed by atoms with Crippen molar-refractivity contribution in [3.63, 3.8) is 0 Å². The summed E-state index contributed by atoms with van der Waals surface area (Å²) in [6.45, 7) is 5.04. The molecule has 0 aromatic heterocycles. The lowest BCUT2D eigenvalue weighted by Crippen LogP contribution is -2.46. The van der Waals surface area contributed by atoms with E-state index in [-0.39, 0.29) is 18.2 Å². The van der Waals surface area contributed by atoms with E-state index >= 15 is 0 Å². The van der Waals surface area contributed by atoms with Crippen LogP contribution in [0, 0.1) is 0 Å². The Balaban J connectivity index is 1.79. The first kappa shape index (κ1) is 14.6. The second-order valence-corrected chi connectivity index (χ2v) is 5.20. The number of rotatable bonds is 3. The van der Waals surface area contributed by atoms with Gasteiger partial charge in [-0.05, 0) is 19.3 Å². The van der Waals surface area contributed by atoms with Gasteiger partial charge in [0.25, 0.3) is 0 Å². The molecule has 0 bridgehead atoms. The molecule has 2 fully saturated rings. The van der Waals surface area contributed by atoms with Crippen LogP contribution in [-0.4, -0.2) is 60.1 Å². The number of hydrogen-bond donors (Lipinski definition) is 2. The zero-order valence-electron chi connectivity index (χ0n) is 11.3. The van der Waals surface area contributed by atoms with Crippen LogP contribution in [-0.2, 0) is 9.47 Å². The third-order valence-electron chi connectivity index (χ3n) is 3.81. The van der Waals surface area contributed by atoms with Crippen molar-refractivity contribution in [1.29, 1.82) is 0 Å². The largest absolute Gasteiger partial charge is 0.465 e. The van der Waals surface area contributed by atoms with E-state index in [0.717, 1.165) is 0 Å². The third-order valence-corrected chi connectivity index (χ3v) is 3.81. The molecule has 1 spiro atoms. The van der Waals surface area contributed by atoms with Gasteiger partial charge in [0.15, 0.2) is 0 Å². The molecule has 7 heteroatoms. The van der Waals surface area contributed by atoms with Crippen molar-refractivity contribution in [2.24, 2.45) is 0 Å². The van der Waals surface area contributed by atoms with Crippen LogP contribution in [0.15, 0.2) is 12.7 Å². The summed E-state index contributed by atoms with van der Waals surface area (Å²) in [7, 11) is 0. The number of carboxylic acid groups (broad SMARTS) is 1. The highest BCUT2D eigenvalue weighted by Gasteiger charge is 2.43. The maximum absolute atomic E-state index is 11.4. The lowest BCUT2D eigenvalue weighted by molar-refractivity contribution is -0.0395. The molecular formula is C13H20N2O5. The van der Waals surface area contributed by atoms with Crippen LogP contribution in [0.1, 0.15) is 19.3 Å². The Morgan fingerprint density at radius 1 is 1.50 bits per heavy atom. The Kier molecular flexibility index (Phi) is 4.49. The Labute approximate surface area is 117 Å². The first-order valence-electron chi connectivity index (χ1n) is 6.71. The summed E-state index contributed by atoms with van der Waals surface area (Å²) in [4.78, 5) is 23.7. The number of alkyl carbamates (subject to hydrolysis) is 1. The average molecular weight is 284 g/mol. The molecule has 1 atom stereocenters. The fourth-order valence-corrected chi connectivity index (χ4v) is 2.73. The SMILES string of the molecule is C=CCOC(=O)N[C@H]1COC2(CCN(C(=O)O)CC2)C1. The summed E-state index contributed by atoms with van der Waals surface area (Å²) in [5, 5.41) is 11.7. The van der Waals surface area contributed by atoms with Crippen LogP contribution in [0.25, 0.3) is 0 Å². The summed E-state index contributed by atoms with van der Waals surface area (Å²) < 4.78 is 10.7. The Hall–Kier alpha value is -1.76. The molecule has 2 heterocycles. The van der Waals surface area contributed by atoms with Crippen molar-refractivity contribution in [3.8, 4) is 0 Å². The molecule has 2 amide bonds. The normalized spacial score (nSPS) is 24.4. The minimum absolute atomic E-state index is 0.0799. The van der Waals surface area contributed by atoms with E-state index in [1.807, 2.05) is 0 Å². The lowest BCUT2D eigenvalue weighted by Gasteiger charge is -2.37. The maximum Gasteiger partial charge on any atom is 0.407 e. The third kappa shape index (κ3) is 3.41. The van der Waals surface area contributed by atoms with Crippen LogP contribution in [0.3, 0.4) is 0 Å². The molecule has 0 radical (unpaired) electrons. The van der Waals surface area contributed by atoms with Gasteiger partial charge in [-0.25, -0.2) is 9.59 Å². The standard InChI is InChI=1S/C13H20N2O5/c1-2-7-19-11(16)14-10-8-13(20-9-10)3-5-15(6-4-13)12(17)18/h2,10H,1,3-9H2,(H,14,16)(H,17,18)/t10-/m1/s1. The number of piperidine rings is 1. The van der Waals surface area contributed by atoms with Crippen molar-refractivity contribution in [1.82, 2.24) is 10.2 Å². The second-order valence-electron chi connectivity index (χ2n) is 5.20. The van der Waals surface area contributed by atoms with Gasteiger partial charge in [0.2, 0.25) is 0 Å². The zero-order chi connectivity index (χ0) is 14.6. The Morgan fingerprint density at radius 3 is 2.80 bits per heavy atom. The number of amides is 2. The van der Waals surface area contributed by atoms with E-state index in [1.165, 1.54) is 11.0 Å². The van der Waals surface area contributed by atoms with E-state index in [9.17, 15) is 9.59 Å². The highest BCUT2D eigenvalue weighted by molar-refractivity contribution is 5.67. The molecule has 7 nitrogen and oxygen atoms in total. The molecule has 0 unspecified atom stereocenters. The maximum atomic E-state index is 11.4. The minimum atomic E-state index is -0.888. The number of carbonyl (C=O) groups excluding carboxylic acids is 1. The summed E-state index contributed by atoms with van der Waals surface area (Å²) in [6.07, 6.45) is 2.18. The van der Waals surface area contributed by atoms with Crippen LogP contribution in [0.2, 0.25) is 0 Å². The van der Waals surface area contributed by atoms with Gasteiger partial charge in [0.05, 0.1) is 18.2 Å². The molecule has 0 saturated carbocycles. The highest BCUT2D eigenvalue weighted by Crippen LogP contribution is 2.35.